The van der Waals surface area contributed by atoms with Crippen molar-refractivity contribution in [1.29, 1.82) is 0 Å². The predicted molar refractivity (Wildman–Crippen MR) is 111 cm³/mol. The summed E-state index contributed by atoms with van der Waals surface area (Å²) in [4.78, 5) is 12.9. The second kappa shape index (κ2) is 7.72. The van der Waals surface area contributed by atoms with Crippen LogP contribution >= 0.6 is 11.3 Å². The van der Waals surface area contributed by atoms with E-state index in [0.717, 1.165) is 27.7 Å². The van der Waals surface area contributed by atoms with Gasteiger partial charge in [-0.25, -0.2) is 9.97 Å². The number of nitrogens with one attached hydrogen (secondary N) is 1. The molecule has 5 heteroatoms. The minimum Gasteiger partial charge on any atom is -0.332 e. The molecule has 0 unspecified atom stereocenters. The van der Waals surface area contributed by atoms with E-state index >= 15 is 0 Å². The molecule has 0 aromatic carbocycles. The van der Waals surface area contributed by atoms with Crippen LogP contribution in [-0.4, -0.2) is 34.5 Å². The molecule has 1 aliphatic heterocycles. The van der Waals surface area contributed by atoms with Crippen molar-refractivity contribution in [2.45, 2.75) is 38.5 Å². The van der Waals surface area contributed by atoms with E-state index < -0.39 is 0 Å². The Balaban J connectivity index is 1.46. The summed E-state index contributed by atoms with van der Waals surface area (Å²) in [6.07, 6.45) is 11.6. The molecule has 1 saturated heterocycles. The molecule has 1 N–H and O–H groups in total. The van der Waals surface area contributed by atoms with Gasteiger partial charge in [-0.3, -0.25) is 4.90 Å². The Morgan fingerprint density at radius 3 is 2.85 bits per heavy atom. The Labute approximate surface area is 159 Å². The van der Waals surface area contributed by atoms with Crippen LogP contribution in [0.2, 0.25) is 0 Å². The van der Waals surface area contributed by atoms with Gasteiger partial charge < -0.3 is 5.32 Å². The number of rotatable bonds is 7. The lowest BCUT2D eigenvalue weighted by molar-refractivity contribution is 0.371. The number of hydrogen-bond donors (Lipinski definition) is 1. The van der Waals surface area contributed by atoms with E-state index in [-0.39, 0.29) is 0 Å². The molecule has 1 saturated carbocycles. The molecule has 1 aliphatic carbocycles. The second-order valence-electron chi connectivity index (χ2n) is 7.21. The van der Waals surface area contributed by atoms with Crippen LogP contribution in [0.5, 0.6) is 0 Å². The highest BCUT2D eigenvalue weighted by atomic mass is 32.1. The number of fused-ring (bicyclic) bond motifs is 1. The van der Waals surface area contributed by atoms with Gasteiger partial charge in [-0.05, 0) is 69.5 Å². The highest BCUT2D eigenvalue weighted by molar-refractivity contribution is 7.21. The molecule has 0 bridgehead atoms. The van der Waals surface area contributed by atoms with E-state index in [2.05, 4.69) is 59.1 Å². The van der Waals surface area contributed by atoms with Crippen LogP contribution < -0.4 is 5.32 Å². The summed E-state index contributed by atoms with van der Waals surface area (Å²) in [6, 6.07) is 4.22. The maximum Gasteiger partial charge on any atom is 0.189 e. The monoisotopic (exact) mass is 366 g/mol. The molecule has 2 fully saturated rings. The fourth-order valence-electron chi connectivity index (χ4n) is 3.45. The average Bonchev–Trinajstić information content (AvgIpc) is 3.19. The molecule has 0 atom stereocenters. The first kappa shape index (κ1) is 17.4. The fourth-order valence-corrected chi connectivity index (χ4v) is 4.33. The van der Waals surface area contributed by atoms with Crippen LogP contribution in [0.4, 0.5) is 5.13 Å². The van der Waals surface area contributed by atoms with Crippen molar-refractivity contribution < 1.29 is 0 Å². The lowest BCUT2D eigenvalue weighted by Crippen LogP contribution is -2.21. The highest BCUT2D eigenvalue weighted by Crippen LogP contribution is 2.40. The van der Waals surface area contributed by atoms with Crippen molar-refractivity contribution in [3.8, 4) is 0 Å². The van der Waals surface area contributed by atoms with E-state index in [1.54, 1.807) is 11.3 Å². The normalized spacial score (nSPS) is 18.9. The van der Waals surface area contributed by atoms with E-state index in [9.17, 15) is 0 Å². The van der Waals surface area contributed by atoms with Crippen molar-refractivity contribution in [3.05, 3.63) is 53.9 Å². The molecule has 2 aliphatic rings. The second-order valence-corrected chi connectivity index (χ2v) is 8.18. The summed E-state index contributed by atoms with van der Waals surface area (Å²) in [5, 5.41) is 4.22. The van der Waals surface area contributed by atoms with Gasteiger partial charge in [0.15, 0.2) is 5.13 Å². The number of aromatic nitrogens is 2. The minimum absolute atomic E-state index is 0.671. The summed E-state index contributed by atoms with van der Waals surface area (Å²) in [7, 11) is 0. The molecular weight excluding hydrogens is 340 g/mol. The number of allylic oxidation sites excluding steroid dienone is 2. The molecular formula is C21H26N4S. The number of nitrogens with zero attached hydrogens (tertiary/aromatic N) is 3. The van der Waals surface area contributed by atoms with Crippen LogP contribution in [0.1, 0.15) is 44.2 Å². The van der Waals surface area contributed by atoms with Gasteiger partial charge in [0.2, 0.25) is 0 Å². The first-order chi connectivity index (χ1) is 12.7. The number of likely N-dealkylation sites (tertiary alicyclic amines) is 1. The van der Waals surface area contributed by atoms with E-state index in [1.165, 1.54) is 50.0 Å². The Hall–Kier alpha value is -1.98. The third-order valence-electron chi connectivity index (χ3n) is 4.89. The van der Waals surface area contributed by atoms with Crippen molar-refractivity contribution in [2.75, 3.05) is 25.0 Å². The lowest BCUT2D eigenvalue weighted by Gasteiger charge is -2.15. The molecule has 2 aromatic rings. The fraction of sp³-hybridized carbons (Fsp3) is 0.429. The molecule has 4 rings (SSSR count). The van der Waals surface area contributed by atoms with Crippen molar-refractivity contribution in [2.24, 2.45) is 0 Å². The van der Waals surface area contributed by atoms with E-state index in [0.29, 0.717) is 5.92 Å². The van der Waals surface area contributed by atoms with Crippen LogP contribution in [0, 0.1) is 0 Å². The van der Waals surface area contributed by atoms with Crippen LogP contribution in [0.15, 0.2) is 48.2 Å². The minimum atomic E-state index is 0.671. The topological polar surface area (TPSA) is 41.0 Å². The number of thiazole rings is 1. The van der Waals surface area contributed by atoms with Gasteiger partial charge >= 0.3 is 0 Å². The first-order valence-corrected chi connectivity index (χ1v) is 10.3. The van der Waals surface area contributed by atoms with Gasteiger partial charge in [0.1, 0.15) is 10.3 Å². The smallest absolute Gasteiger partial charge is 0.189 e. The Morgan fingerprint density at radius 2 is 2.12 bits per heavy atom. The van der Waals surface area contributed by atoms with Gasteiger partial charge in [-0.2, -0.15) is 0 Å². The van der Waals surface area contributed by atoms with Crippen LogP contribution in [0.3, 0.4) is 0 Å². The molecule has 0 amide bonds. The Morgan fingerprint density at radius 1 is 1.31 bits per heavy atom. The SMILES string of the molecule is C=C(/C=C(\C=C/C)CN1CCCC1)Nc1nc2ccc(C3CC3)nc2s1. The predicted octanol–water partition coefficient (Wildman–Crippen LogP) is 5.09. The van der Waals surface area contributed by atoms with Gasteiger partial charge in [0.25, 0.3) is 0 Å². The van der Waals surface area contributed by atoms with Crippen molar-refractivity contribution >= 4 is 26.8 Å². The maximum absolute atomic E-state index is 4.78. The molecule has 3 heterocycles. The zero-order valence-corrected chi connectivity index (χ0v) is 16.2. The van der Waals surface area contributed by atoms with E-state index in [4.69, 9.17) is 4.98 Å². The highest BCUT2D eigenvalue weighted by Gasteiger charge is 2.25. The first-order valence-electron chi connectivity index (χ1n) is 9.50. The molecule has 2 aromatic heterocycles. The maximum atomic E-state index is 4.78. The zero-order chi connectivity index (χ0) is 17.9. The molecule has 0 spiro atoms. The number of hydrogen-bond acceptors (Lipinski definition) is 5. The molecule has 4 nitrogen and oxygen atoms in total. The third-order valence-corrected chi connectivity index (χ3v) is 5.77. The van der Waals surface area contributed by atoms with Gasteiger partial charge in [0.05, 0.1) is 0 Å². The van der Waals surface area contributed by atoms with Gasteiger partial charge in [-0.1, -0.05) is 30.1 Å². The van der Waals surface area contributed by atoms with Gasteiger partial charge in [0, 0.05) is 23.9 Å². The van der Waals surface area contributed by atoms with Crippen LogP contribution in [-0.2, 0) is 0 Å². The number of anilines is 1. The quantitative estimate of drug-likeness (QED) is 0.693. The summed E-state index contributed by atoms with van der Waals surface area (Å²) in [6.45, 7) is 9.61. The molecule has 26 heavy (non-hydrogen) atoms. The van der Waals surface area contributed by atoms with Gasteiger partial charge in [-0.15, -0.1) is 0 Å². The summed E-state index contributed by atoms with van der Waals surface area (Å²) < 4.78 is 0. The summed E-state index contributed by atoms with van der Waals surface area (Å²) in [5.74, 6) is 0.671. The largest absolute Gasteiger partial charge is 0.332 e. The number of pyridine rings is 1. The summed E-state index contributed by atoms with van der Waals surface area (Å²) in [5.41, 5.74) is 4.33. The molecule has 136 valence electrons. The van der Waals surface area contributed by atoms with Crippen LogP contribution in [0.25, 0.3) is 10.3 Å². The van der Waals surface area contributed by atoms with Crippen molar-refractivity contribution in [3.63, 3.8) is 0 Å². The standard InChI is InChI=1S/C21H26N4S/c1-3-6-16(14-25-11-4-5-12-25)13-15(2)22-21-24-19-10-9-18(17-7-8-17)23-20(19)26-21/h3,6,9-10,13,17H,2,4-5,7-8,11-12,14H2,1H3,(H,22,24)/b6-3-,16-13+. The third kappa shape index (κ3) is 4.22. The molecule has 0 radical (unpaired) electrons. The lowest BCUT2D eigenvalue weighted by atomic mass is 10.2. The Bertz CT molecular complexity index is 854. The van der Waals surface area contributed by atoms with Crippen molar-refractivity contribution in [1.82, 2.24) is 14.9 Å². The van der Waals surface area contributed by atoms with E-state index in [1.807, 2.05) is 0 Å². The Kier molecular flexibility index (Phi) is 5.18. The summed E-state index contributed by atoms with van der Waals surface area (Å²) >= 11 is 1.61. The average molecular weight is 367 g/mol. The zero-order valence-electron chi connectivity index (χ0n) is 15.4.